The maximum atomic E-state index is 14.0. The molecule has 11 atom stereocenters. The Bertz CT molecular complexity index is 2800. The number of aliphatic hydroxyl groups excluding tert-OH is 2. The number of unbranched alkanes of at least 4 members (excludes halogenated alkanes) is 1. The highest BCUT2D eigenvalue weighted by molar-refractivity contribution is 7.10. The Morgan fingerprint density at radius 3 is 2.38 bits per heavy atom. The lowest BCUT2D eigenvalue weighted by atomic mass is 9.46. The van der Waals surface area contributed by atoms with Gasteiger partial charge in [-0.3, -0.25) is 38.9 Å². The number of ketones is 2. The van der Waals surface area contributed by atoms with Crippen LogP contribution in [0.3, 0.4) is 0 Å². The van der Waals surface area contributed by atoms with Gasteiger partial charge in [-0.2, -0.15) is 0 Å². The smallest absolute Gasteiger partial charge is 0.413 e. The molecule has 5 amide bonds. The number of aliphatic carboxylic acids is 1. The number of carbonyl (C=O) groups excluding carboxylic acids is 7. The number of nitrogens with two attached hydrogens (primary N) is 1. The summed E-state index contributed by atoms with van der Waals surface area (Å²) in [6, 6.07) is 11.7. The molecular formula is C55H67N7O14S. The molecule has 4 fully saturated rings. The Labute approximate surface area is 449 Å². The van der Waals surface area contributed by atoms with Crippen molar-refractivity contribution in [3.05, 3.63) is 99.4 Å². The fourth-order valence-electron chi connectivity index (χ4n) is 12.5. The highest BCUT2D eigenvalue weighted by atomic mass is 32.1. The Kier molecular flexibility index (Phi) is 17.5. The van der Waals surface area contributed by atoms with Gasteiger partial charge in [-0.15, -0.1) is 11.3 Å². The van der Waals surface area contributed by atoms with Crippen LogP contribution < -0.4 is 32.3 Å². The zero-order valence-electron chi connectivity index (χ0n) is 43.2. The molecule has 412 valence electrons. The normalized spacial score (nSPS) is 27.6. The third kappa shape index (κ3) is 12.2. The molecule has 0 radical (unpaired) electrons. The summed E-state index contributed by atoms with van der Waals surface area (Å²) in [5.74, 6) is -4.00. The number of anilines is 2. The molecule has 4 aliphatic carbocycles. The van der Waals surface area contributed by atoms with Crippen LogP contribution in [0.1, 0.15) is 107 Å². The molecule has 5 aliphatic rings. The van der Waals surface area contributed by atoms with Crippen LogP contribution in [0.4, 0.5) is 16.3 Å². The predicted octanol–water partition coefficient (Wildman–Crippen LogP) is 4.12. The number of carbonyl (C=O) groups is 8. The molecule has 8 rings (SSSR count). The van der Waals surface area contributed by atoms with Crippen LogP contribution in [0.2, 0.25) is 0 Å². The van der Waals surface area contributed by atoms with Gasteiger partial charge in [0.15, 0.2) is 23.5 Å². The molecule has 10 N–H and O–H groups in total. The summed E-state index contributed by atoms with van der Waals surface area (Å²) in [6.07, 6.45) is 5.76. The van der Waals surface area contributed by atoms with Gasteiger partial charge in [-0.1, -0.05) is 61.9 Å². The lowest BCUT2D eigenvalue weighted by Crippen LogP contribution is -2.63. The minimum Gasteiger partial charge on any atom is -0.481 e. The van der Waals surface area contributed by atoms with Crippen LogP contribution in [-0.4, -0.2) is 117 Å². The van der Waals surface area contributed by atoms with Gasteiger partial charge in [-0.25, -0.2) is 9.78 Å². The van der Waals surface area contributed by atoms with E-state index in [-0.39, 0.29) is 48.8 Å². The van der Waals surface area contributed by atoms with Crippen molar-refractivity contribution in [1.29, 1.82) is 0 Å². The molecule has 3 aromatic rings. The summed E-state index contributed by atoms with van der Waals surface area (Å²) in [4.78, 5) is 105. The number of thiazole rings is 1. The molecule has 21 nitrogen and oxygen atoms in total. The minimum absolute atomic E-state index is 0.0249. The fourth-order valence-corrected chi connectivity index (χ4v) is 13.3. The average molecular weight is 1080 g/mol. The van der Waals surface area contributed by atoms with Gasteiger partial charge in [0.25, 0.3) is 0 Å². The molecule has 0 unspecified atom stereocenters. The Balaban J connectivity index is 0.802. The molecule has 2 aromatic carbocycles. The number of aromatic nitrogens is 1. The molecule has 1 aromatic heterocycles. The van der Waals surface area contributed by atoms with Crippen LogP contribution >= 0.6 is 11.3 Å². The topological polar surface area (TPSA) is 324 Å². The van der Waals surface area contributed by atoms with E-state index in [4.69, 9.17) is 19.9 Å². The lowest BCUT2D eigenvalue weighted by molar-refractivity contribution is -0.201. The number of benzene rings is 2. The molecule has 0 spiro atoms. The molecular weight excluding hydrogens is 1010 g/mol. The first-order chi connectivity index (χ1) is 36.8. The van der Waals surface area contributed by atoms with E-state index in [1.165, 1.54) is 18.3 Å². The number of hydrogen-bond acceptors (Lipinski definition) is 16. The van der Waals surface area contributed by atoms with Crippen molar-refractivity contribution < 1.29 is 67.9 Å². The average Bonchev–Trinajstić information content (AvgIpc) is 4.31. The minimum atomic E-state index is -1.47. The number of carboxylic acid groups (broad SMARTS) is 1. The number of allylic oxidation sites excluding steroid dienone is 4. The van der Waals surface area contributed by atoms with Gasteiger partial charge in [-0.05, 0) is 105 Å². The predicted molar refractivity (Wildman–Crippen MR) is 279 cm³/mol. The second-order valence-corrected chi connectivity index (χ2v) is 22.0. The largest absolute Gasteiger partial charge is 0.481 e. The molecule has 22 heteroatoms. The van der Waals surface area contributed by atoms with Crippen LogP contribution in [0, 0.1) is 28.6 Å². The van der Waals surface area contributed by atoms with Crippen molar-refractivity contribution in [2.24, 2.45) is 34.3 Å². The third-order valence-electron chi connectivity index (χ3n) is 16.1. The molecule has 3 saturated carbocycles. The van der Waals surface area contributed by atoms with Crippen LogP contribution in [0.25, 0.3) is 0 Å². The van der Waals surface area contributed by atoms with Crippen molar-refractivity contribution in [2.75, 3.05) is 30.3 Å². The summed E-state index contributed by atoms with van der Waals surface area (Å²) in [6.45, 7) is 4.39. The maximum absolute atomic E-state index is 14.0. The first kappa shape index (κ1) is 56.5. The number of amides is 5. The number of ether oxygens (including phenoxy) is 3. The van der Waals surface area contributed by atoms with Crippen molar-refractivity contribution in [2.45, 2.75) is 128 Å². The fraction of sp³-hybridized carbons (Fsp3) is 0.509. The first-order valence-corrected chi connectivity index (χ1v) is 26.9. The van der Waals surface area contributed by atoms with Crippen LogP contribution in [0.5, 0.6) is 0 Å². The summed E-state index contributed by atoms with van der Waals surface area (Å²) >= 11 is 1.34. The number of hydrogen-bond donors (Lipinski definition) is 9. The van der Waals surface area contributed by atoms with E-state index < -0.39 is 108 Å². The van der Waals surface area contributed by atoms with Gasteiger partial charge in [0.2, 0.25) is 23.6 Å². The molecule has 0 bridgehead atoms. The molecule has 77 heavy (non-hydrogen) atoms. The zero-order chi connectivity index (χ0) is 55.2. The van der Waals surface area contributed by atoms with Gasteiger partial charge >= 0.3 is 12.1 Å². The quantitative estimate of drug-likeness (QED) is 0.0639. The van der Waals surface area contributed by atoms with E-state index >= 15 is 0 Å². The lowest BCUT2D eigenvalue weighted by Gasteiger charge is -2.59. The number of fused-ring (bicyclic) bond motifs is 7. The third-order valence-corrected chi connectivity index (χ3v) is 17.0. The Morgan fingerprint density at radius 1 is 0.948 bits per heavy atom. The highest BCUT2D eigenvalue weighted by Gasteiger charge is 2.76. The zero-order valence-corrected chi connectivity index (χ0v) is 44.0. The van der Waals surface area contributed by atoms with E-state index in [9.17, 15) is 53.7 Å². The summed E-state index contributed by atoms with van der Waals surface area (Å²) < 4.78 is 18.8. The SMILES string of the molecule is CC(=O)N[C@@H](CCCCN)C(=O)NCC(=O)N[C@@H](CCC(=O)O)C(=O)Nc1ccc(COC(=O)Nc2csc(Cc3ccc([C@@H]4O[C@@H]5C[C@H]6[C@@H]7CCC8=CC(=O)C=C[C@]8(C)[C@H]7[C@@H](O)C[C@]6(C)[C@]5(C(=O)CO)O4)cc3)n2)cc1. The summed E-state index contributed by atoms with van der Waals surface area (Å²) in [5, 5.41) is 46.7. The molecule has 1 saturated heterocycles. The Hall–Kier alpha value is -6.69. The van der Waals surface area contributed by atoms with Gasteiger partial charge in [0.05, 0.1) is 23.8 Å². The van der Waals surface area contributed by atoms with Gasteiger partial charge in [0.1, 0.15) is 31.1 Å². The van der Waals surface area contributed by atoms with Crippen molar-refractivity contribution >= 4 is 70.1 Å². The van der Waals surface area contributed by atoms with Crippen molar-refractivity contribution in [3.8, 4) is 0 Å². The number of rotatable bonds is 22. The monoisotopic (exact) mass is 1080 g/mol. The maximum Gasteiger partial charge on any atom is 0.413 e. The number of carboxylic acids is 1. The van der Waals surface area contributed by atoms with E-state index in [1.807, 2.05) is 37.3 Å². The van der Waals surface area contributed by atoms with Gasteiger partial charge in [0, 0.05) is 53.1 Å². The number of aliphatic hydroxyl groups is 2. The summed E-state index contributed by atoms with van der Waals surface area (Å²) in [5.41, 5.74) is 6.29. The number of nitrogens with one attached hydrogen (secondary N) is 5. The second kappa shape index (κ2) is 23.9. The Morgan fingerprint density at radius 2 is 1.68 bits per heavy atom. The standard InChI is InChI=1S/C55H67N7O14S/c1-30(64)58-39(6-4-5-21-56)49(71)57-26-45(68)60-40(17-18-47(69)70)50(72)59-35-14-9-32(10-15-35)28-74-52(73)62-44-29-77-46(61-44)22-31-7-11-33(12-8-31)51-75-43-24-38-37-16-13-34-23-36(65)19-20-53(34,2)48(37)41(66)25-54(38,3)55(43,76-51)42(67)27-63/h7-12,14-15,19-20,23,29,37-41,43,48,51,63,66H,4-6,13,16-18,21-22,24-28,56H2,1-3H3,(H,57,71)(H,58,64)(H,59,72)(H,60,68)(H,62,73)(H,69,70)/t37-,38-,39-,40-,41-,43+,48+,51+,53-,54-,55+/m0/s1. The van der Waals surface area contributed by atoms with E-state index in [0.29, 0.717) is 60.5 Å². The van der Waals surface area contributed by atoms with Gasteiger partial charge < -0.3 is 56.5 Å². The number of nitrogens with zero attached hydrogens (tertiary/aromatic N) is 1. The molecule has 1 aliphatic heterocycles. The highest BCUT2D eigenvalue weighted by Crippen LogP contribution is 2.70. The van der Waals surface area contributed by atoms with Crippen LogP contribution in [0.15, 0.2) is 77.7 Å². The van der Waals surface area contributed by atoms with E-state index in [2.05, 4.69) is 38.5 Å². The van der Waals surface area contributed by atoms with Crippen molar-refractivity contribution in [3.63, 3.8) is 0 Å². The molecule has 2 heterocycles. The second-order valence-electron chi connectivity index (χ2n) is 21.1. The number of Topliss-reactive ketones (excluding diaryl/α,β-unsaturated/α-hetero) is 1. The van der Waals surface area contributed by atoms with E-state index in [1.54, 1.807) is 41.8 Å². The van der Waals surface area contributed by atoms with Crippen molar-refractivity contribution in [1.82, 2.24) is 20.9 Å². The first-order valence-electron chi connectivity index (χ1n) is 26.0. The van der Waals surface area contributed by atoms with Crippen LogP contribution in [-0.2, 0) is 60.8 Å². The summed E-state index contributed by atoms with van der Waals surface area (Å²) in [7, 11) is 0. The van der Waals surface area contributed by atoms with E-state index in [0.717, 1.165) is 24.0 Å².